The van der Waals surface area contributed by atoms with Gasteiger partial charge in [0.2, 0.25) is 5.88 Å². The minimum atomic E-state index is -0.296. The summed E-state index contributed by atoms with van der Waals surface area (Å²) < 4.78 is 24.2. The first-order valence-electron chi connectivity index (χ1n) is 10.6. The molecule has 1 N–H and O–H groups in total. The third-order valence-electron chi connectivity index (χ3n) is 5.16. The standard InChI is InChI=1S/C23H31FN4O2.HI/c1-3-25-23(28(2)13-9-18-10-14-29-15-11-18)27-17-19-8-12-26-22(16-19)30-21-6-4-20(24)5-7-21;/h4-8,12,16,18H,3,9-11,13-15,17H2,1-2H3,(H,25,27);1H. The highest BCUT2D eigenvalue weighted by Gasteiger charge is 2.15. The monoisotopic (exact) mass is 542 g/mol. The highest BCUT2D eigenvalue weighted by atomic mass is 127. The summed E-state index contributed by atoms with van der Waals surface area (Å²) in [7, 11) is 2.08. The molecular weight excluding hydrogens is 510 g/mol. The predicted octanol–water partition coefficient (Wildman–Crippen LogP) is 4.85. The molecule has 0 saturated carbocycles. The van der Waals surface area contributed by atoms with E-state index in [9.17, 15) is 4.39 Å². The zero-order chi connectivity index (χ0) is 21.2. The number of aromatic nitrogens is 1. The molecule has 0 aliphatic carbocycles. The van der Waals surface area contributed by atoms with Gasteiger partial charge in [0.05, 0.1) is 6.54 Å². The molecule has 1 aromatic heterocycles. The number of hydrogen-bond donors (Lipinski definition) is 1. The number of benzene rings is 1. The van der Waals surface area contributed by atoms with Gasteiger partial charge in [-0.3, -0.25) is 0 Å². The van der Waals surface area contributed by atoms with Crippen molar-refractivity contribution in [3.63, 3.8) is 0 Å². The van der Waals surface area contributed by atoms with E-state index in [1.165, 1.54) is 12.1 Å². The minimum absolute atomic E-state index is 0. The molecule has 1 fully saturated rings. The highest BCUT2D eigenvalue weighted by Crippen LogP contribution is 2.21. The van der Waals surface area contributed by atoms with Crippen molar-refractivity contribution in [3.05, 3.63) is 54.0 Å². The van der Waals surface area contributed by atoms with Crippen molar-refractivity contribution in [2.75, 3.05) is 33.4 Å². The quantitative estimate of drug-likeness (QED) is 0.294. The lowest BCUT2D eigenvalue weighted by atomic mass is 9.96. The first kappa shape index (κ1) is 25.3. The Morgan fingerprint density at radius 2 is 2.00 bits per heavy atom. The molecule has 0 bridgehead atoms. The van der Waals surface area contributed by atoms with Gasteiger partial charge in [0.25, 0.3) is 0 Å². The Morgan fingerprint density at radius 3 is 2.71 bits per heavy atom. The maximum absolute atomic E-state index is 13.1. The van der Waals surface area contributed by atoms with E-state index >= 15 is 0 Å². The first-order valence-corrected chi connectivity index (χ1v) is 10.6. The summed E-state index contributed by atoms with van der Waals surface area (Å²) in [5, 5.41) is 3.37. The van der Waals surface area contributed by atoms with E-state index in [1.807, 2.05) is 12.1 Å². The van der Waals surface area contributed by atoms with Gasteiger partial charge in [0.15, 0.2) is 5.96 Å². The van der Waals surface area contributed by atoms with Gasteiger partial charge < -0.3 is 19.7 Å². The second-order valence-corrected chi connectivity index (χ2v) is 7.49. The number of rotatable bonds is 8. The topological polar surface area (TPSA) is 59.0 Å². The Labute approximate surface area is 201 Å². The van der Waals surface area contributed by atoms with Crippen LogP contribution in [0.5, 0.6) is 11.6 Å². The molecule has 2 heterocycles. The van der Waals surface area contributed by atoms with Crippen molar-refractivity contribution in [2.45, 2.75) is 32.7 Å². The maximum Gasteiger partial charge on any atom is 0.219 e. The van der Waals surface area contributed by atoms with E-state index in [-0.39, 0.29) is 29.8 Å². The molecule has 0 atom stereocenters. The van der Waals surface area contributed by atoms with E-state index in [4.69, 9.17) is 14.5 Å². The van der Waals surface area contributed by atoms with Gasteiger partial charge >= 0.3 is 0 Å². The molecule has 1 saturated heterocycles. The number of halogens is 2. The molecule has 1 aromatic carbocycles. The smallest absolute Gasteiger partial charge is 0.219 e. The Kier molecular flexibility index (Phi) is 11.0. The Hall–Kier alpha value is -1.94. The maximum atomic E-state index is 13.1. The van der Waals surface area contributed by atoms with Crippen LogP contribution in [-0.4, -0.2) is 49.2 Å². The summed E-state index contributed by atoms with van der Waals surface area (Å²) in [4.78, 5) is 11.2. The van der Waals surface area contributed by atoms with Gasteiger partial charge in [-0.25, -0.2) is 14.4 Å². The number of pyridine rings is 1. The van der Waals surface area contributed by atoms with Gasteiger partial charge in [-0.05, 0) is 68.0 Å². The van der Waals surface area contributed by atoms with Crippen molar-refractivity contribution in [1.82, 2.24) is 15.2 Å². The van der Waals surface area contributed by atoms with Crippen molar-refractivity contribution < 1.29 is 13.9 Å². The fourth-order valence-corrected chi connectivity index (χ4v) is 3.38. The largest absolute Gasteiger partial charge is 0.439 e. The van der Waals surface area contributed by atoms with Gasteiger partial charge in [-0.2, -0.15) is 0 Å². The number of ether oxygens (including phenoxy) is 2. The third-order valence-corrected chi connectivity index (χ3v) is 5.16. The van der Waals surface area contributed by atoms with Crippen molar-refractivity contribution in [3.8, 4) is 11.6 Å². The SMILES string of the molecule is CCNC(=NCc1ccnc(Oc2ccc(F)cc2)c1)N(C)CCC1CCOCC1.I. The molecular formula is C23H32FIN4O2. The summed E-state index contributed by atoms with van der Waals surface area (Å²) in [6.45, 7) is 6.14. The second-order valence-electron chi connectivity index (χ2n) is 7.49. The molecule has 170 valence electrons. The Balaban J connectivity index is 0.00000341. The molecule has 1 aliphatic rings. The average Bonchev–Trinajstić information content (AvgIpc) is 2.77. The van der Waals surface area contributed by atoms with Crippen molar-refractivity contribution >= 4 is 29.9 Å². The number of hydrogen-bond acceptors (Lipinski definition) is 4. The molecule has 6 nitrogen and oxygen atoms in total. The number of aliphatic imine (C=N–C) groups is 1. The molecule has 0 radical (unpaired) electrons. The van der Waals surface area contributed by atoms with Crippen LogP contribution >= 0.6 is 24.0 Å². The van der Waals surface area contributed by atoms with Crippen LogP contribution in [0.1, 0.15) is 31.7 Å². The van der Waals surface area contributed by atoms with E-state index in [0.29, 0.717) is 18.2 Å². The summed E-state index contributed by atoms with van der Waals surface area (Å²) in [5.41, 5.74) is 0.996. The number of nitrogens with one attached hydrogen (secondary N) is 1. The van der Waals surface area contributed by atoms with Crippen molar-refractivity contribution in [2.24, 2.45) is 10.9 Å². The van der Waals surface area contributed by atoms with E-state index < -0.39 is 0 Å². The van der Waals surface area contributed by atoms with Gasteiger partial charge in [0.1, 0.15) is 11.6 Å². The fraction of sp³-hybridized carbons (Fsp3) is 0.478. The summed E-state index contributed by atoms with van der Waals surface area (Å²) >= 11 is 0. The van der Waals surface area contributed by atoms with Crippen LogP contribution < -0.4 is 10.1 Å². The molecule has 8 heteroatoms. The molecule has 0 amide bonds. The van der Waals surface area contributed by atoms with Crippen LogP contribution in [0.4, 0.5) is 4.39 Å². The van der Waals surface area contributed by atoms with E-state index in [1.54, 1.807) is 18.3 Å². The van der Waals surface area contributed by atoms with Crippen LogP contribution in [0.3, 0.4) is 0 Å². The zero-order valence-electron chi connectivity index (χ0n) is 18.2. The first-order chi connectivity index (χ1) is 14.6. The molecule has 1 aliphatic heterocycles. The molecule has 0 unspecified atom stereocenters. The van der Waals surface area contributed by atoms with Gasteiger partial charge in [0, 0.05) is 45.6 Å². The third kappa shape index (κ3) is 8.60. The van der Waals surface area contributed by atoms with Crippen LogP contribution in [-0.2, 0) is 11.3 Å². The lowest BCUT2D eigenvalue weighted by Gasteiger charge is -2.26. The zero-order valence-corrected chi connectivity index (χ0v) is 20.6. The molecule has 2 aromatic rings. The molecule has 3 rings (SSSR count). The predicted molar refractivity (Wildman–Crippen MR) is 132 cm³/mol. The number of guanidine groups is 1. The highest BCUT2D eigenvalue weighted by molar-refractivity contribution is 14.0. The van der Waals surface area contributed by atoms with Gasteiger partial charge in [-0.15, -0.1) is 24.0 Å². The number of nitrogens with zero attached hydrogens (tertiary/aromatic N) is 3. The van der Waals surface area contributed by atoms with Crippen LogP contribution in [0.25, 0.3) is 0 Å². The average molecular weight is 542 g/mol. The normalized spacial score (nSPS) is 14.6. The Morgan fingerprint density at radius 1 is 1.26 bits per heavy atom. The van der Waals surface area contributed by atoms with E-state index in [2.05, 4.69) is 29.2 Å². The van der Waals surface area contributed by atoms with Crippen LogP contribution in [0.2, 0.25) is 0 Å². The van der Waals surface area contributed by atoms with Crippen LogP contribution in [0, 0.1) is 11.7 Å². The summed E-state index contributed by atoms with van der Waals surface area (Å²) in [6, 6.07) is 9.67. The Bertz CT molecular complexity index is 813. The fourth-order valence-electron chi connectivity index (χ4n) is 3.38. The minimum Gasteiger partial charge on any atom is -0.439 e. The van der Waals surface area contributed by atoms with Crippen LogP contribution in [0.15, 0.2) is 47.6 Å². The van der Waals surface area contributed by atoms with E-state index in [0.717, 1.165) is 63.0 Å². The molecule has 0 spiro atoms. The molecule has 31 heavy (non-hydrogen) atoms. The summed E-state index contributed by atoms with van der Waals surface area (Å²) in [5.74, 6) is 2.34. The second kappa shape index (κ2) is 13.5. The summed E-state index contributed by atoms with van der Waals surface area (Å²) in [6.07, 6.45) is 5.14. The van der Waals surface area contributed by atoms with Crippen molar-refractivity contribution in [1.29, 1.82) is 0 Å². The van der Waals surface area contributed by atoms with Gasteiger partial charge in [-0.1, -0.05) is 0 Å². The lowest BCUT2D eigenvalue weighted by molar-refractivity contribution is 0.0625. The lowest BCUT2D eigenvalue weighted by Crippen LogP contribution is -2.40.